The van der Waals surface area contributed by atoms with Gasteiger partial charge in [-0.2, -0.15) is 20.3 Å². The molecule has 0 aliphatic carbocycles. The predicted octanol–water partition coefficient (Wildman–Crippen LogP) is 5.35. The summed E-state index contributed by atoms with van der Waals surface area (Å²) < 4.78 is 5.18. The summed E-state index contributed by atoms with van der Waals surface area (Å²) >= 11 is 7.43. The van der Waals surface area contributed by atoms with Crippen molar-refractivity contribution in [3.05, 3.63) is 58.9 Å². The van der Waals surface area contributed by atoms with Gasteiger partial charge in [0.15, 0.2) is 6.04 Å². The molecule has 1 aliphatic rings. The van der Waals surface area contributed by atoms with E-state index >= 15 is 0 Å². The van der Waals surface area contributed by atoms with Crippen LogP contribution in [0.1, 0.15) is 6.92 Å². The lowest BCUT2D eigenvalue weighted by Gasteiger charge is -2.08. The van der Waals surface area contributed by atoms with Gasteiger partial charge in [-0.1, -0.05) is 23.7 Å². The lowest BCUT2D eigenvalue weighted by Crippen LogP contribution is -2.29. The van der Waals surface area contributed by atoms with Gasteiger partial charge in [0.2, 0.25) is 5.13 Å². The number of hydrazone groups is 1. The van der Waals surface area contributed by atoms with Gasteiger partial charge in [-0.3, -0.25) is 4.79 Å². The molecule has 9 heteroatoms. The lowest BCUT2D eigenvalue weighted by atomic mass is 10.2. The molecule has 0 saturated heterocycles. The van der Waals surface area contributed by atoms with E-state index in [9.17, 15) is 4.79 Å². The largest absolute Gasteiger partial charge is 0.497 e. The molecule has 0 spiro atoms. The number of nitrogens with zero attached hydrogens (tertiary/aromatic N) is 5. The quantitative estimate of drug-likeness (QED) is 0.517. The van der Waals surface area contributed by atoms with Gasteiger partial charge in [0.1, 0.15) is 11.4 Å². The van der Waals surface area contributed by atoms with E-state index in [4.69, 9.17) is 16.3 Å². The van der Waals surface area contributed by atoms with Crippen LogP contribution in [0.3, 0.4) is 0 Å². The third-order valence-electron chi connectivity index (χ3n) is 4.29. The van der Waals surface area contributed by atoms with Crippen molar-refractivity contribution in [3.8, 4) is 17.0 Å². The minimum Gasteiger partial charge on any atom is -0.497 e. The topological polar surface area (TPSA) is 79.5 Å². The molecular weight excluding hydrogens is 410 g/mol. The van der Waals surface area contributed by atoms with Crippen LogP contribution in [0, 0.1) is 0 Å². The van der Waals surface area contributed by atoms with E-state index in [-0.39, 0.29) is 5.91 Å². The maximum atomic E-state index is 12.8. The Morgan fingerprint density at radius 1 is 1.17 bits per heavy atom. The zero-order chi connectivity index (χ0) is 20.4. The number of hydrogen-bond donors (Lipinski definition) is 0. The second-order valence-corrected chi connectivity index (χ2v) is 7.45. The second-order valence-electron chi connectivity index (χ2n) is 6.20. The molecule has 1 aromatic heterocycles. The van der Waals surface area contributed by atoms with Crippen LogP contribution in [-0.4, -0.2) is 29.8 Å². The van der Waals surface area contributed by atoms with Crippen molar-refractivity contribution in [2.45, 2.75) is 13.0 Å². The van der Waals surface area contributed by atoms with Crippen LogP contribution in [-0.2, 0) is 4.79 Å². The van der Waals surface area contributed by atoms with E-state index in [1.165, 1.54) is 16.3 Å². The highest BCUT2D eigenvalue weighted by Crippen LogP contribution is 2.32. The highest BCUT2D eigenvalue weighted by Gasteiger charge is 2.36. The maximum absolute atomic E-state index is 12.8. The first kappa shape index (κ1) is 19.2. The monoisotopic (exact) mass is 425 g/mol. The molecule has 0 bridgehead atoms. The third-order valence-corrected chi connectivity index (χ3v) is 5.42. The van der Waals surface area contributed by atoms with Crippen molar-refractivity contribution < 1.29 is 9.53 Å². The van der Waals surface area contributed by atoms with E-state index in [0.717, 1.165) is 17.0 Å². The molecule has 0 unspecified atom stereocenters. The van der Waals surface area contributed by atoms with Gasteiger partial charge in [0, 0.05) is 10.9 Å². The first-order valence-electron chi connectivity index (χ1n) is 8.71. The number of carbonyl (C=O) groups is 1. The number of amides is 1. The van der Waals surface area contributed by atoms with Crippen molar-refractivity contribution in [2.75, 3.05) is 12.1 Å². The van der Waals surface area contributed by atoms with Gasteiger partial charge < -0.3 is 4.74 Å². The molecule has 0 radical (unpaired) electrons. The SMILES string of the molecule is COc1ccc(-c2csc(N3N=C(C)[C@H](N=Nc4ccccc4Cl)C3=O)n2)cc1. The molecule has 4 rings (SSSR count). The number of anilines is 1. The molecule has 7 nitrogen and oxygen atoms in total. The third kappa shape index (κ3) is 3.90. The average molecular weight is 426 g/mol. The Morgan fingerprint density at radius 2 is 1.93 bits per heavy atom. The maximum Gasteiger partial charge on any atom is 0.282 e. The summed E-state index contributed by atoms with van der Waals surface area (Å²) in [4.78, 5) is 17.4. The number of azo groups is 1. The molecule has 3 aromatic rings. The average Bonchev–Trinajstić information content (AvgIpc) is 3.33. The van der Waals surface area contributed by atoms with Gasteiger partial charge >= 0.3 is 0 Å². The van der Waals surface area contributed by atoms with Crippen molar-refractivity contribution in [3.63, 3.8) is 0 Å². The first-order valence-corrected chi connectivity index (χ1v) is 9.97. The highest BCUT2D eigenvalue weighted by molar-refractivity contribution is 7.14. The normalized spacial score (nSPS) is 16.5. The summed E-state index contributed by atoms with van der Waals surface area (Å²) in [6.07, 6.45) is 0. The molecule has 0 N–H and O–H groups in total. The number of benzene rings is 2. The Bertz CT molecular complexity index is 1110. The van der Waals surface area contributed by atoms with Crippen molar-refractivity contribution in [2.24, 2.45) is 15.3 Å². The first-order chi connectivity index (χ1) is 14.1. The van der Waals surface area contributed by atoms with Crippen LogP contribution in [0.4, 0.5) is 10.8 Å². The molecule has 0 saturated carbocycles. The molecule has 1 amide bonds. The Morgan fingerprint density at radius 3 is 2.66 bits per heavy atom. The van der Waals surface area contributed by atoms with Crippen molar-refractivity contribution in [1.82, 2.24) is 4.98 Å². The molecule has 146 valence electrons. The van der Waals surface area contributed by atoms with Crippen LogP contribution < -0.4 is 9.75 Å². The summed E-state index contributed by atoms with van der Waals surface area (Å²) in [5, 5.41) is 16.7. The molecule has 2 heterocycles. The van der Waals surface area contributed by atoms with Gasteiger partial charge in [-0.05, 0) is 43.3 Å². The standard InChI is InChI=1S/C20H16ClN5O2S/c1-12-18(24-23-16-6-4-3-5-15(16)21)19(27)26(25-12)20-22-17(11-29-20)13-7-9-14(28-2)10-8-13/h3-11,18H,1-2H3/t18-/m0/s1. The van der Waals surface area contributed by atoms with Gasteiger partial charge in [0.25, 0.3) is 5.91 Å². The summed E-state index contributed by atoms with van der Waals surface area (Å²) in [5.41, 5.74) is 2.74. The van der Waals surface area contributed by atoms with Crippen molar-refractivity contribution in [1.29, 1.82) is 0 Å². The Labute approximate surface area is 176 Å². The fourth-order valence-corrected chi connectivity index (χ4v) is 3.70. The molecule has 0 fully saturated rings. The minimum atomic E-state index is -0.792. The van der Waals surface area contributed by atoms with Gasteiger partial charge in [-0.15, -0.1) is 11.3 Å². The Hall–Kier alpha value is -3.10. The number of rotatable bonds is 5. The molecular formula is C20H16ClN5O2S. The summed E-state index contributed by atoms with van der Waals surface area (Å²) in [7, 11) is 1.62. The fraction of sp³-hybridized carbons (Fsp3) is 0.150. The Balaban J connectivity index is 1.54. The lowest BCUT2D eigenvalue weighted by molar-refractivity contribution is -0.117. The molecule has 1 atom stereocenters. The molecule has 1 aliphatic heterocycles. The minimum absolute atomic E-state index is 0.297. The molecule has 29 heavy (non-hydrogen) atoms. The fourth-order valence-electron chi connectivity index (χ4n) is 2.73. The van der Waals surface area contributed by atoms with E-state index in [1.54, 1.807) is 38.3 Å². The summed E-state index contributed by atoms with van der Waals surface area (Å²) in [6, 6.07) is 13.8. The number of halogens is 1. The zero-order valence-electron chi connectivity index (χ0n) is 15.6. The summed E-state index contributed by atoms with van der Waals surface area (Å²) in [6.45, 7) is 1.74. The van der Waals surface area contributed by atoms with Gasteiger partial charge in [-0.25, -0.2) is 4.98 Å². The smallest absolute Gasteiger partial charge is 0.282 e. The summed E-state index contributed by atoms with van der Waals surface area (Å²) in [5.74, 6) is 0.472. The van der Waals surface area contributed by atoms with Crippen LogP contribution in [0.25, 0.3) is 11.3 Å². The van der Waals surface area contributed by atoms with E-state index in [2.05, 4.69) is 20.3 Å². The molecule has 2 aromatic carbocycles. The van der Waals surface area contributed by atoms with Crippen LogP contribution in [0.5, 0.6) is 5.75 Å². The zero-order valence-corrected chi connectivity index (χ0v) is 17.2. The predicted molar refractivity (Wildman–Crippen MR) is 114 cm³/mol. The number of carbonyl (C=O) groups excluding carboxylic acids is 1. The number of aromatic nitrogens is 1. The number of hydrogen-bond acceptors (Lipinski definition) is 7. The van der Waals surface area contributed by atoms with Crippen LogP contribution in [0.15, 0.2) is 69.2 Å². The van der Waals surface area contributed by atoms with Gasteiger partial charge in [0.05, 0.1) is 23.5 Å². The van der Waals surface area contributed by atoms with Crippen molar-refractivity contribution >= 4 is 45.4 Å². The van der Waals surface area contributed by atoms with Crippen LogP contribution in [0.2, 0.25) is 5.02 Å². The van der Waals surface area contributed by atoms with E-state index in [0.29, 0.717) is 21.6 Å². The highest BCUT2D eigenvalue weighted by atomic mass is 35.5. The van der Waals surface area contributed by atoms with E-state index in [1.807, 2.05) is 29.6 Å². The number of thiazole rings is 1. The second kappa shape index (κ2) is 8.10. The number of methoxy groups -OCH3 is 1. The Kier molecular flexibility index (Phi) is 5.37. The van der Waals surface area contributed by atoms with E-state index < -0.39 is 6.04 Å². The number of ether oxygens (including phenoxy) is 1. The van der Waals surface area contributed by atoms with Crippen LogP contribution >= 0.6 is 22.9 Å².